The minimum atomic E-state index is -0.216. The van der Waals surface area contributed by atoms with E-state index in [4.69, 9.17) is 9.47 Å². The molecule has 0 atom stereocenters. The van der Waals surface area contributed by atoms with E-state index in [1.165, 1.54) is 4.90 Å². The van der Waals surface area contributed by atoms with Crippen LogP contribution in [0.15, 0.2) is 23.1 Å². The van der Waals surface area contributed by atoms with Crippen LogP contribution in [0.4, 0.5) is 4.79 Å². The van der Waals surface area contributed by atoms with Crippen molar-refractivity contribution in [3.63, 3.8) is 0 Å². The molecule has 1 fully saturated rings. The third-order valence-electron chi connectivity index (χ3n) is 3.75. The molecule has 1 heterocycles. The zero-order chi connectivity index (χ0) is 19.1. The van der Waals surface area contributed by atoms with Crippen molar-refractivity contribution >= 4 is 29.0 Å². The Hall–Kier alpha value is -1.95. The van der Waals surface area contributed by atoms with E-state index in [1.807, 2.05) is 32.0 Å². The number of rotatable bonds is 9. The molecule has 0 bridgehead atoms. The number of hydrogen-bond donors (Lipinski definition) is 0. The highest BCUT2D eigenvalue weighted by molar-refractivity contribution is 8.18. The van der Waals surface area contributed by atoms with Crippen LogP contribution in [0.1, 0.15) is 46.1 Å². The standard InChI is InChI=1S/C20H27NO4S/c1-5-7-10-21-19(22)18(26-20(21)23)12-15-8-9-16(25-13-14(3)4)17(11-15)24-6-2/h8-9,11-12,14H,5-7,10,13H2,1-4H3/b18-12-. The smallest absolute Gasteiger partial charge is 0.293 e. The Morgan fingerprint density at radius 3 is 2.58 bits per heavy atom. The van der Waals surface area contributed by atoms with Crippen molar-refractivity contribution in [3.05, 3.63) is 28.7 Å². The van der Waals surface area contributed by atoms with Gasteiger partial charge in [-0.1, -0.05) is 33.3 Å². The number of imide groups is 1. The van der Waals surface area contributed by atoms with Crippen molar-refractivity contribution in [2.75, 3.05) is 19.8 Å². The molecule has 142 valence electrons. The summed E-state index contributed by atoms with van der Waals surface area (Å²) in [5.41, 5.74) is 0.811. The molecule has 0 spiro atoms. The Labute approximate surface area is 159 Å². The van der Waals surface area contributed by atoms with Gasteiger partial charge >= 0.3 is 0 Å². The number of ether oxygens (including phenoxy) is 2. The first-order valence-corrected chi connectivity index (χ1v) is 9.92. The molecule has 6 heteroatoms. The van der Waals surface area contributed by atoms with E-state index in [-0.39, 0.29) is 11.1 Å². The third-order valence-corrected chi connectivity index (χ3v) is 4.65. The molecular formula is C20H27NO4S. The summed E-state index contributed by atoms with van der Waals surface area (Å²) in [6.07, 6.45) is 3.50. The van der Waals surface area contributed by atoms with E-state index in [9.17, 15) is 9.59 Å². The highest BCUT2D eigenvalue weighted by Crippen LogP contribution is 2.35. The lowest BCUT2D eigenvalue weighted by molar-refractivity contribution is -0.122. The molecule has 2 rings (SSSR count). The third kappa shape index (κ3) is 5.27. The number of thioether (sulfide) groups is 1. The Morgan fingerprint density at radius 1 is 1.15 bits per heavy atom. The lowest BCUT2D eigenvalue weighted by Crippen LogP contribution is -2.29. The second-order valence-electron chi connectivity index (χ2n) is 6.53. The molecule has 0 saturated carbocycles. The van der Waals surface area contributed by atoms with Crippen molar-refractivity contribution < 1.29 is 19.1 Å². The van der Waals surface area contributed by atoms with Gasteiger partial charge in [-0.25, -0.2) is 0 Å². The number of carbonyl (C=O) groups is 2. The highest BCUT2D eigenvalue weighted by Gasteiger charge is 2.34. The van der Waals surface area contributed by atoms with Crippen molar-refractivity contribution in [2.45, 2.75) is 40.5 Å². The van der Waals surface area contributed by atoms with E-state index < -0.39 is 0 Å². The van der Waals surface area contributed by atoms with E-state index in [1.54, 1.807) is 6.08 Å². The Morgan fingerprint density at radius 2 is 1.92 bits per heavy atom. The van der Waals surface area contributed by atoms with Crippen LogP contribution < -0.4 is 9.47 Å². The second-order valence-corrected chi connectivity index (χ2v) is 7.52. The van der Waals surface area contributed by atoms with Gasteiger partial charge in [0.2, 0.25) is 0 Å². The van der Waals surface area contributed by atoms with Gasteiger partial charge in [0.25, 0.3) is 11.1 Å². The van der Waals surface area contributed by atoms with Crippen LogP contribution in [0.5, 0.6) is 11.5 Å². The maximum absolute atomic E-state index is 12.4. The van der Waals surface area contributed by atoms with Crippen molar-refractivity contribution in [3.8, 4) is 11.5 Å². The maximum Gasteiger partial charge on any atom is 0.293 e. The minimum absolute atomic E-state index is 0.198. The molecule has 0 aliphatic carbocycles. The first-order valence-electron chi connectivity index (χ1n) is 9.11. The van der Waals surface area contributed by atoms with Gasteiger partial charge in [0.15, 0.2) is 11.5 Å². The Balaban J connectivity index is 2.20. The monoisotopic (exact) mass is 377 g/mol. The van der Waals surface area contributed by atoms with Crippen LogP contribution in [0, 0.1) is 5.92 Å². The lowest BCUT2D eigenvalue weighted by Gasteiger charge is -2.14. The zero-order valence-electron chi connectivity index (χ0n) is 15.9. The van der Waals surface area contributed by atoms with E-state index in [0.29, 0.717) is 42.1 Å². The number of hydrogen-bond acceptors (Lipinski definition) is 5. The summed E-state index contributed by atoms with van der Waals surface area (Å²) in [7, 11) is 0. The molecule has 0 N–H and O–H groups in total. The van der Waals surface area contributed by atoms with Crippen molar-refractivity contribution in [1.29, 1.82) is 0 Å². The summed E-state index contributed by atoms with van der Waals surface area (Å²) in [6, 6.07) is 5.57. The quantitative estimate of drug-likeness (QED) is 0.570. The lowest BCUT2D eigenvalue weighted by atomic mass is 10.1. The fraction of sp³-hybridized carbons (Fsp3) is 0.500. The zero-order valence-corrected chi connectivity index (χ0v) is 16.7. The fourth-order valence-electron chi connectivity index (χ4n) is 2.42. The van der Waals surface area contributed by atoms with Crippen LogP contribution >= 0.6 is 11.8 Å². The molecule has 26 heavy (non-hydrogen) atoms. The number of unbranched alkanes of at least 4 members (excludes halogenated alkanes) is 1. The van der Waals surface area contributed by atoms with Gasteiger partial charge in [0.05, 0.1) is 18.1 Å². The first-order chi connectivity index (χ1) is 12.5. The molecule has 5 nitrogen and oxygen atoms in total. The maximum atomic E-state index is 12.4. The predicted octanol–water partition coefficient (Wildman–Crippen LogP) is 4.96. The summed E-state index contributed by atoms with van der Waals surface area (Å²) < 4.78 is 11.5. The second kappa shape index (κ2) is 9.67. The van der Waals surface area contributed by atoms with Crippen LogP contribution in [0.2, 0.25) is 0 Å². The molecule has 1 aromatic carbocycles. The molecule has 1 aliphatic rings. The number of nitrogens with zero attached hydrogens (tertiary/aromatic N) is 1. The molecule has 1 aromatic rings. The van der Waals surface area contributed by atoms with Gasteiger partial charge in [-0.05, 0) is 54.8 Å². The molecule has 0 aromatic heterocycles. The van der Waals surface area contributed by atoms with E-state index >= 15 is 0 Å². The minimum Gasteiger partial charge on any atom is -0.490 e. The summed E-state index contributed by atoms with van der Waals surface area (Å²) >= 11 is 0.991. The SMILES string of the molecule is CCCCN1C(=O)S/C(=C\c2ccc(OCC(C)C)c(OCC)c2)C1=O. The highest BCUT2D eigenvalue weighted by atomic mass is 32.2. The number of carbonyl (C=O) groups excluding carboxylic acids is 2. The van der Waals surface area contributed by atoms with Gasteiger partial charge in [-0.2, -0.15) is 0 Å². The Kier molecular flexibility index (Phi) is 7.57. The predicted molar refractivity (Wildman–Crippen MR) is 106 cm³/mol. The fourth-order valence-corrected chi connectivity index (χ4v) is 3.28. The van der Waals surface area contributed by atoms with Gasteiger partial charge in [-0.3, -0.25) is 14.5 Å². The van der Waals surface area contributed by atoms with E-state index in [2.05, 4.69) is 13.8 Å². The topological polar surface area (TPSA) is 55.8 Å². The molecular weight excluding hydrogens is 350 g/mol. The number of amides is 2. The summed E-state index contributed by atoms with van der Waals surface area (Å²) in [5.74, 6) is 1.53. The molecule has 1 saturated heterocycles. The number of benzene rings is 1. The molecule has 0 unspecified atom stereocenters. The molecule has 1 aliphatic heterocycles. The van der Waals surface area contributed by atoms with Crippen molar-refractivity contribution in [2.24, 2.45) is 5.92 Å². The summed E-state index contributed by atoms with van der Waals surface area (Å²) in [5, 5.41) is -0.198. The summed E-state index contributed by atoms with van der Waals surface area (Å²) in [4.78, 5) is 26.3. The average Bonchev–Trinajstić information content (AvgIpc) is 2.86. The van der Waals surface area contributed by atoms with Gasteiger partial charge < -0.3 is 9.47 Å². The van der Waals surface area contributed by atoms with Gasteiger partial charge in [-0.15, -0.1) is 0 Å². The van der Waals surface area contributed by atoms with Crippen LogP contribution in [-0.2, 0) is 4.79 Å². The molecule has 2 amide bonds. The van der Waals surface area contributed by atoms with Gasteiger partial charge in [0, 0.05) is 6.54 Å². The normalized spacial score (nSPS) is 16.0. The Bertz CT molecular complexity index is 684. The largest absolute Gasteiger partial charge is 0.490 e. The van der Waals surface area contributed by atoms with Crippen molar-refractivity contribution in [1.82, 2.24) is 4.90 Å². The molecule has 0 radical (unpaired) electrons. The van der Waals surface area contributed by atoms with E-state index in [0.717, 1.165) is 30.2 Å². The van der Waals surface area contributed by atoms with Gasteiger partial charge in [0.1, 0.15) is 0 Å². The van der Waals surface area contributed by atoms with Crippen LogP contribution in [0.3, 0.4) is 0 Å². The van der Waals surface area contributed by atoms with Crippen LogP contribution in [-0.4, -0.2) is 35.8 Å². The summed E-state index contributed by atoms with van der Waals surface area (Å²) in [6.45, 7) is 9.73. The van der Waals surface area contributed by atoms with Crippen LogP contribution in [0.25, 0.3) is 6.08 Å². The average molecular weight is 378 g/mol. The first kappa shape index (κ1) is 20.4.